The van der Waals surface area contributed by atoms with Crippen LogP contribution in [0.3, 0.4) is 0 Å². The van der Waals surface area contributed by atoms with Crippen molar-refractivity contribution in [3.05, 3.63) is 48.0 Å². The van der Waals surface area contributed by atoms with Gasteiger partial charge >= 0.3 is 5.97 Å². The molecule has 1 atom stereocenters. The Morgan fingerprint density at radius 1 is 1.11 bits per heavy atom. The molecular formula is C14H11Cl3O2. The Labute approximate surface area is 126 Å². The van der Waals surface area contributed by atoms with Crippen molar-refractivity contribution < 1.29 is 9.53 Å². The largest absolute Gasteiger partial charge is 0.468 e. The number of alkyl halides is 3. The van der Waals surface area contributed by atoms with Gasteiger partial charge in [-0.25, -0.2) is 0 Å². The van der Waals surface area contributed by atoms with Crippen molar-refractivity contribution in [2.75, 3.05) is 7.11 Å². The Morgan fingerprint density at radius 2 is 1.74 bits per heavy atom. The van der Waals surface area contributed by atoms with Crippen molar-refractivity contribution in [3.8, 4) is 0 Å². The zero-order chi connectivity index (χ0) is 14.0. The van der Waals surface area contributed by atoms with E-state index in [1.54, 1.807) is 6.07 Å². The molecule has 1 unspecified atom stereocenters. The van der Waals surface area contributed by atoms with Gasteiger partial charge in [-0.1, -0.05) is 77.3 Å². The topological polar surface area (TPSA) is 26.3 Å². The smallest absolute Gasteiger partial charge is 0.317 e. The van der Waals surface area contributed by atoms with Gasteiger partial charge in [0, 0.05) is 0 Å². The minimum Gasteiger partial charge on any atom is -0.468 e. The SMILES string of the molecule is COC(=O)C(c1cccc2ccccc12)C(Cl)(Cl)Cl. The predicted molar refractivity (Wildman–Crippen MR) is 79.0 cm³/mol. The Bertz CT molecular complexity index is 600. The number of hydrogen-bond acceptors (Lipinski definition) is 2. The van der Waals surface area contributed by atoms with Crippen LogP contribution in [0.5, 0.6) is 0 Å². The van der Waals surface area contributed by atoms with Crippen LogP contribution in [0.2, 0.25) is 0 Å². The highest BCUT2D eigenvalue weighted by Gasteiger charge is 2.41. The van der Waals surface area contributed by atoms with Gasteiger partial charge in [-0.2, -0.15) is 0 Å². The van der Waals surface area contributed by atoms with E-state index in [9.17, 15) is 4.79 Å². The second kappa shape index (κ2) is 5.58. The lowest BCUT2D eigenvalue weighted by molar-refractivity contribution is -0.142. The Balaban J connectivity index is 2.66. The molecule has 0 saturated carbocycles. The number of benzene rings is 2. The van der Waals surface area contributed by atoms with Crippen molar-refractivity contribution in [2.24, 2.45) is 0 Å². The van der Waals surface area contributed by atoms with E-state index in [1.165, 1.54) is 7.11 Å². The molecule has 100 valence electrons. The summed E-state index contributed by atoms with van der Waals surface area (Å²) in [6.45, 7) is 0. The van der Waals surface area contributed by atoms with E-state index >= 15 is 0 Å². The third-order valence-corrected chi connectivity index (χ3v) is 3.55. The number of rotatable bonds is 2. The van der Waals surface area contributed by atoms with Crippen molar-refractivity contribution in [3.63, 3.8) is 0 Å². The lowest BCUT2D eigenvalue weighted by Crippen LogP contribution is -2.27. The fourth-order valence-electron chi connectivity index (χ4n) is 2.06. The summed E-state index contributed by atoms with van der Waals surface area (Å²) in [5.74, 6) is -1.54. The number of carbonyl (C=O) groups excluding carboxylic acids is 1. The van der Waals surface area contributed by atoms with Gasteiger partial charge in [0.05, 0.1) is 7.11 Å². The summed E-state index contributed by atoms with van der Waals surface area (Å²) in [7, 11) is 1.27. The Kier molecular flexibility index (Phi) is 4.24. The van der Waals surface area contributed by atoms with Gasteiger partial charge < -0.3 is 4.74 Å². The van der Waals surface area contributed by atoms with Crippen LogP contribution >= 0.6 is 34.8 Å². The number of esters is 1. The summed E-state index contributed by atoms with van der Waals surface area (Å²) in [5.41, 5.74) is 0.643. The number of methoxy groups -OCH3 is 1. The minimum absolute atomic E-state index is 0.573. The molecule has 0 amide bonds. The van der Waals surface area contributed by atoms with E-state index in [-0.39, 0.29) is 0 Å². The van der Waals surface area contributed by atoms with Gasteiger partial charge in [0.15, 0.2) is 0 Å². The molecule has 0 bridgehead atoms. The van der Waals surface area contributed by atoms with Gasteiger partial charge in [0.1, 0.15) is 5.92 Å². The van der Waals surface area contributed by atoms with Gasteiger partial charge in [-0.15, -0.1) is 0 Å². The highest BCUT2D eigenvalue weighted by Crippen LogP contribution is 2.44. The zero-order valence-electron chi connectivity index (χ0n) is 10.1. The molecule has 0 aliphatic carbocycles. The second-order valence-electron chi connectivity index (χ2n) is 4.07. The number of hydrogen-bond donors (Lipinski definition) is 0. The molecule has 0 fully saturated rings. The standard InChI is InChI=1S/C14H11Cl3O2/c1-19-13(18)12(14(15,16)17)11-8-4-6-9-5-2-3-7-10(9)11/h2-8,12H,1H3. The maximum Gasteiger partial charge on any atom is 0.317 e. The van der Waals surface area contributed by atoms with Crippen LogP contribution in [-0.2, 0) is 9.53 Å². The first-order chi connectivity index (χ1) is 8.95. The van der Waals surface area contributed by atoms with Crippen molar-refractivity contribution in [2.45, 2.75) is 9.71 Å². The number of carbonyl (C=O) groups is 1. The molecule has 0 saturated heterocycles. The second-order valence-corrected chi connectivity index (χ2v) is 6.44. The Morgan fingerprint density at radius 3 is 2.37 bits per heavy atom. The summed E-state index contributed by atoms with van der Waals surface area (Å²) in [6, 6.07) is 13.1. The van der Waals surface area contributed by atoms with E-state index < -0.39 is 15.7 Å². The van der Waals surface area contributed by atoms with Crippen LogP contribution in [-0.4, -0.2) is 16.9 Å². The Hall–Kier alpha value is -0.960. The lowest BCUT2D eigenvalue weighted by atomic mass is 9.94. The summed E-state index contributed by atoms with van der Waals surface area (Å²) >= 11 is 17.8. The van der Waals surface area contributed by atoms with Crippen LogP contribution in [0.15, 0.2) is 42.5 Å². The minimum atomic E-state index is -1.77. The van der Waals surface area contributed by atoms with Crippen molar-refractivity contribution in [1.29, 1.82) is 0 Å². The summed E-state index contributed by atoms with van der Waals surface area (Å²) < 4.78 is 2.98. The highest BCUT2D eigenvalue weighted by atomic mass is 35.6. The third kappa shape index (κ3) is 2.97. The average Bonchev–Trinajstić information content (AvgIpc) is 2.37. The number of fused-ring (bicyclic) bond motifs is 1. The fraction of sp³-hybridized carbons (Fsp3) is 0.214. The summed E-state index contributed by atoms with van der Waals surface area (Å²) in [6.07, 6.45) is 0. The first kappa shape index (κ1) is 14.4. The molecule has 0 aliphatic rings. The van der Waals surface area contributed by atoms with Crippen LogP contribution < -0.4 is 0 Å². The molecule has 2 nitrogen and oxygen atoms in total. The predicted octanol–water partition coefficient (Wildman–Crippen LogP) is 4.47. The van der Waals surface area contributed by atoms with E-state index in [1.807, 2.05) is 36.4 Å². The van der Waals surface area contributed by atoms with Crippen LogP contribution in [0.1, 0.15) is 11.5 Å². The van der Waals surface area contributed by atoms with Crippen LogP contribution in [0.25, 0.3) is 10.8 Å². The van der Waals surface area contributed by atoms with Gasteiger partial charge in [-0.3, -0.25) is 4.79 Å². The third-order valence-electron chi connectivity index (χ3n) is 2.90. The van der Waals surface area contributed by atoms with Crippen LogP contribution in [0, 0.1) is 0 Å². The van der Waals surface area contributed by atoms with Gasteiger partial charge in [0.2, 0.25) is 3.79 Å². The molecule has 2 rings (SSSR count). The molecule has 19 heavy (non-hydrogen) atoms. The zero-order valence-corrected chi connectivity index (χ0v) is 12.3. The normalized spacial score (nSPS) is 13.3. The van der Waals surface area contributed by atoms with Crippen LogP contribution in [0.4, 0.5) is 0 Å². The molecular weight excluding hydrogens is 307 g/mol. The molecule has 2 aromatic carbocycles. The number of halogens is 3. The van der Waals surface area contributed by atoms with E-state index in [2.05, 4.69) is 0 Å². The van der Waals surface area contributed by atoms with E-state index in [4.69, 9.17) is 39.5 Å². The molecule has 5 heteroatoms. The molecule has 0 aliphatic heterocycles. The summed E-state index contributed by atoms with van der Waals surface area (Å²) in [5, 5.41) is 1.84. The fourth-order valence-corrected chi connectivity index (χ4v) is 2.68. The highest BCUT2D eigenvalue weighted by molar-refractivity contribution is 6.69. The van der Waals surface area contributed by atoms with E-state index in [0.717, 1.165) is 10.8 Å². The molecule has 0 heterocycles. The molecule has 2 aromatic rings. The maximum atomic E-state index is 11.9. The summed E-state index contributed by atoms with van der Waals surface area (Å²) in [4.78, 5) is 11.9. The monoisotopic (exact) mass is 316 g/mol. The van der Waals surface area contributed by atoms with Crippen molar-refractivity contribution in [1.82, 2.24) is 0 Å². The van der Waals surface area contributed by atoms with Crippen molar-refractivity contribution >= 4 is 51.5 Å². The first-order valence-corrected chi connectivity index (χ1v) is 6.70. The average molecular weight is 318 g/mol. The first-order valence-electron chi connectivity index (χ1n) is 5.57. The van der Waals surface area contributed by atoms with E-state index in [0.29, 0.717) is 5.56 Å². The lowest BCUT2D eigenvalue weighted by Gasteiger charge is -2.23. The van der Waals surface area contributed by atoms with Gasteiger partial charge in [0.25, 0.3) is 0 Å². The maximum absolute atomic E-state index is 11.9. The quantitative estimate of drug-likeness (QED) is 0.603. The molecule has 0 aromatic heterocycles. The molecule has 0 N–H and O–H groups in total. The molecule has 0 radical (unpaired) electrons. The number of ether oxygens (including phenoxy) is 1. The van der Waals surface area contributed by atoms with Gasteiger partial charge in [-0.05, 0) is 16.3 Å². The molecule has 0 spiro atoms.